The summed E-state index contributed by atoms with van der Waals surface area (Å²) in [5.41, 5.74) is 10.4. The van der Waals surface area contributed by atoms with Crippen LogP contribution in [-0.4, -0.2) is 5.11 Å². The van der Waals surface area contributed by atoms with Gasteiger partial charge in [-0.15, -0.1) is 0 Å². The molecule has 0 amide bonds. The summed E-state index contributed by atoms with van der Waals surface area (Å²) in [6.07, 6.45) is 0. The third-order valence-corrected chi connectivity index (χ3v) is 2.68. The second kappa shape index (κ2) is 4.37. The molecule has 0 radical (unpaired) electrons. The highest BCUT2D eigenvalue weighted by atomic mass is 16.3. The van der Waals surface area contributed by atoms with Gasteiger partial charge in [0.15, 0.2) is 0 Å². The van der Waals surface area contributed by atoms with Crippen LogP contribution in [0.1, 0.15) is 11.1 Å². The van der Waals surface area contributed by atoms with Crippen molar-refractivity contribution in [1.29, 1.82) is 0 Å². The summed E-state index contributed by atoms with van der Waals surface area (Å²) >= 11 is 0. The molecule has 4 N–H and O–H groups in total. The second-order valence-corrected chi connectivity index (χ2v) is 4.22. The molecular formula is C14H16N2O. The standard InChI is InChI=1S/C14H16N2O/c1-9-3-5-12(15)13(7-9)16-11-4-6-14(17)10(2)8-11/h3-8,16-17H,15H2,1-2H3. The molecule has 88 valence electrons. The Balaban J connectivity index is 2.31. The molecule has 0 aliphatic rings. The maximum absolute atomic E-state index is 9.46. The smallest absolute Gasteiger partial charge is 0.118 e. The van der Waals surface area contributed by atoms with E-state index in [0.717, 1.165) is 22.5 Å². The fourth-order valence-electron chi connectivity index (χ4n) is 1.67. The Hall–Kier alpha value is -2.16. The number of hydrogen-bond donors (Lipinski definition) is 3. The summed E-state index contributed by atoms with van der Waals surface area (Å²) in [6.45, 7) is 3.88. The predicted molar refractivity (Wildman–Crippen MR) is 71.7 cm³/mol. The fraction of sp³-hybridized carbons (Fsp3) is 0.143. The van der Waals surface area contributed by atoms with Crippen molar-refractivity contribution >= 4 is 17.1 Å². The Labute approximate surface area is 101 Å². The van der Waals surface area contributed by atoms with Crippen LogP contribution in [0.3, 0.4) is 0 Å². The average molecular weight is 228 g/mol. The zero-order valence-electron chi connectivity index (χ0n) is 9.99. The minimum absolute atomic E-state index is 0.299. The van der Waals surface area contributed by atoms with Crippen molar-refractivity contribution in [3.8, 4) is 5.75 Å². The molecule has 0 unspecified atom stereocenters. The van der Waals surface area contributed by atoms with Crippen LogP contribution in [0.25, 0.3) is 0 Å². The number of nitrogen functional groups attached to an aromatic ring is 1. The van der Waals surface area contributed by atoms with Crippen molar-refractivity contribution < 1.29 is 5.11 Å². The SMILES string of the molecule is Cc1ccc(N)c(Nc2ccc(O)c(C)c2)c1. The van der Waals surface area contributed by atoms with E-state index in [1.165, 1.54) is 0 Å². The predicted octanol–water partition coefficient (Wildman–Crippen LogP) is 3.33. The van der Waals surface area contributed by atoms with Crippen molar-refractivity contribution in [2.24, 2.45) is 0 Å². The van der Waals surface area contributed by atoms with Gasteiger partial charge in [-0.25, -0.2) is 0 Å². The Bertz CT molecular complexity index is 550. The van der Waals surface area contributed by atoms with E-state index in [-0.39, 0.29) is 0 Å². The molecule has 0 saturated heterocycles. The largest absolute Gasteiger partial charge is 0.508 e. The Morgan fingerprint density at radius 3 is 2.53 bits per heavy atom. The van der Waals surface area contributed by atoms with E-state index in [9.17, 15) is 5.11 Å². The van der Waals surface area contributed by atoms with Crippen LogP contribution in [0, 0.1) is 13.8 Å². The van der Waals surface area contributed by atoms with Crippen LogP contribution in [0.15, 0.2) is 36.4 Å². The first-order valence-corrected chi connectivity index (χ1v) is 5.49. The molecule has 0 atom stereocenters. The Morgan fingerprint density at radius 1 is 1.06 bits per heavy atom. The Kier molecular flexibility index (Phi) is 2.91. The summed E-state index contributed by atoms with van der Waals surface area (Å²) in [4.78, 5) is 0. The highest BCUT2D eigenvalue weighted by molar-refractivity contribution is 5.73. The zero-order valence-corrected chi connectivity index (χ0v) is 9.99. The molecule has 3 heteroatoms. The molecule has 0 fully saturated rings. The van der Waals surface area contributed by atoms with Gasteiger partial charge in [0.1, 0.15) is 5.75 Å². The third-order valence-electron chi connectivity index (χ3n) is 2.68. The van der Waals surface area contributed by atoms with Crippen LogP contribution in [-0.2, 0) is 0 Å². The normalized spacial score (nSPS) is 10.2. The van der Waals surface area contributed by atoms with E-state index in [1.807, 2.05) is 44.2 Å². The second-order valence-electron chi connectivity index (χ2n) is 4.22. The van der Waals surface area contributed by atoms with Gasteiger partial charge in [-0.05, 0) is 55.3 Å². The van der Waals surface area contributed by atoms with Gasteiger partial charge < -0.3 is 16.2 Å². The van der Waals surface area contributed by atoms with Crippen LogP contribution in [0.2, 0.25) is 0 Å². The number of aromatic hydroxyl groups is 1. The topological polar surface area (TPSA) is 58.3 Å². The first kappa shape index (κ1) is 11.3. The molecule has 0 aromatic heterocycles. The van der Waals surface area contributed by atoms with E-state index in [2.05, 4.69) is 5.32 Å². The van der Waals surface area contributed by atoms with Crippen molar-refractivity contribution in [3.05, 3.63) is 47.5 Å². The number of benzene rings is 2. The highest BCUT2D eigenvalue weighted by Gasteiger charge is 2.02. The molecular weight excluding hydrogens is 212 g/mol. The van der Waals surface area contributed by atoms with E-state index in [0.29, 0.717) is 11.4 Å². The number of phenols is 1. The number of rotatable bonds is 2. The summed E-state index contributed by atoms with van der Waals surface area (Å²) < 4.78 is 0. The average Bonchev–Trinajstić information content (AvgIpc) is 2.29. The number of nitrogens with two attached hydrogens (primary N) is 1. The molecule has 2 aromatic carbocycles. The molecule has 0 aliphatic heterocycles. The number of phenolic OH excluding ortho intramolecular Hbond substituents is 1. The number of nitrogens with one attached hydrogen (secondary N) is 1. The van der Waals surface area contributed by atoms with Gasteiger partial charge in [0.2, 0.25) is 0 Å². The third kappa shape index (κ3) is 2.50. The van der Waals surface area contributed by atoms with Gasteiger partial charge in [0.25, 0.3) is 0 Å². The van der Waals surface area contributed by atoms with Gasteiger partial charge in [-0.2, -0.15) is 0 Å². The van der Waals surface area contributed by atoms with E-state index < -0.39 is 0 Å². The highest BCUT2D eigenvalue weighted by Crippen LogP contribution is 2.27. The molecule has 2 aromatic rings. The molecule has 0 heterocycles. The molecule has 0 aliphatic carbocycles. The van der Waals surface area contributed by atoms with E-state index in [1.54, 1.807) is 6.07 Å². The van der Waals surface area contributed by atoms with Crippen LogP contribution in [0.5, 0.6) is 5.75 Å². The van der Waals surface area contributed by atoms with Crippen LogP contribution in [0.4, 0.5) is 17.1 Å². The minimum Gasteiger partial charge on any atom is -0.508 e. The summed E-state index contributed by atoms with van der Waals surface area (Å²) in [6, 6.07) is 11.2. The molecule has 0 spiro atoms. The lowest BCUT2D eigenvalue weighted by molar-refractivity contribution is 0.471. The summed E-state index contributed by atoms with van der Waals surface area (Å²) in [7, 11) is 0. The lowest BCUT2D eigenvalue weighted by atomic mass is 10.1. The minimum atomic E-state index is 0.299. The van der Waals surface area contributed by atoms with Crippen molar-refractivity contribution in [1.82, 2.24) is 0 Å². The molecule has 2 rings (SSSR count). The maximum atomic E-state index is 9.46. The molecule has 0 bridgehead atoms. The van der Waals surface area contributed by atoms with Crippen molar-refractivity contribution in [2.75, 3.05) is 11.1 Å². The molecule has 3 nitrogen and oxygen atoms in total. The van der Waals surface area contributed by atoms with Crippen LogP contribution < -0.4 is 11.1 Å². The van der Waals surface area contributed by atoms with E-state index >= 15 is 0 Å². The van der Waals surface area contributed by atoms with Gasteiger partial charge in [-0.3, -0.25) is 0 Å². The maximum Gasteiger partial charge on any atom is 0.118 e. The van der Waals surface area contributed by atoms with Crippen LogP contribution >= 0.6 is 0 Å². The number of anilines is 3. The summed E-state index contributed by atoms with van der Waals surface area (Å²) in [5, 5.41) is 12.7. The summed E-state index contributed by atoms with van der Waals surface area (Å²) in [5.74, 6) is 0.299. The lowest BCUT2D eigenvalue weighted by Gasteiger charge is -2.11. The van der Waals surface area contributed by atoms with Crippen molar-refractivity contribution in [2.45, 2.75) is 13.8 Å². The van der Waals surface area contributed by atoms with Gasteiger partial charge in [0, 0.05) is 5.69 Å². The number of aryl methyl sites for hydroxylation is 2. The first-order valence-electron chi connectivity index (χ1n) is 5.49. The monoisotopic (exact) mass is 228 g/mol. The fourth-order valence-corrected chi connectivity index (χ4v) is 1.67. The Morgan fingerprint density at radius 2 is 1.82 bits per heavy atom. The van der Waals surface area contributed by atoms with E-state index in [4.69, 9.17) is 5.73 Å². The van der Waals surface area contributed by atoms with Gasteiger partial charge >= 0.3 is 0 Å². The molecule has 17 heavy (non-hydrogen) atoms. The lowest BCUT2D eigenvalue weighted by Crippen LogP contribution is -1.96. The van der Waals surface area contributed by atoms with Gasteiger partial charge in [0.05, 0.1) is 11.4 Å². The van der Waals surface area contributed by atoms with Gasteiger partial charge in [-0.1, -0.05) is 6.07 Å². The number of hydrogen-bond acceptors (Lipinski definition) is 3. The van der Waals surface area contributed by atoms with Crippen molar-refractivity contribution in [3.63, 3.8) is 0 Å². The molecule has 0 saturated carbocycles. The first-order chi connectivity index (χ1) is 8.06. The zero-order chi connectivity index (χ0) is 12.4. The quantitative estimate of drug-likeness (QED) is 0.546.